The number of amides is 2. The van der Waals surface area contributed by atoms with Crippen molar-refractivity contribution in [1.29, 1.82) is 0 Å². The molecule has 0 fully saturated rings. The molecule has 0 atom stereocenters. The first-order valence-corrected chi connectivity index (χ1v) is 12.1. The average Bonchev–Trinajstić information content (AvgIpc) is 3.24. The van der Waals surface area contributed by atoms with Gasteiger partial charge in [0.05, 0.1) is 32.2 Å². The van der Waals surface area contributed by atoms with Gasteiger partial charge in [0.25, 0.3) is 0 Å². The Bertz CT molecular complexity index is 1170. The molecule has 1 aliphatic heterocycles. The third-order valence-corrected chi connectivity index (χ3v) is 6.51. The van der Waals surface area contributed by atoms with Crippen LogP contribution in [0.1, 0.15) is 37.7 Å². The molecule has 0 radical (unpaired) electrons. The second-order valence-corrected chi connectivity index (χ2v) is 8.96. The Morgan fingerprint density at radius 3 is 2.66 bits per heavy atom. The van der Waals surface area contributed by atoms with Gasteiger partial charge in [-0.2, -0.15) is 5.10 Å². The topological polar surface area (TPSA) is 71.9 Å². The van der Waals surface area contributed by atoms with Crippen LogP contribution in [0.25, 0.3) is 5.69 Å². The number of nitrogens with one attached hydrogen (secondary N) is 1. The van der Waals surface area contributed by atoms with Crippen LogP contribution in [0.5, 0.6) is 11.5 Å². The molecule has 0 aliphatic carbocycles. The van der Waals surface area contributed by atoms with Crippen LogP contribution < -0.4 is 14.8 Å². The lowest BCUT2D eigenvalue weighted by Crippen LogP contribution is -2.40. The molecule has 0 bridgehead atoms. The summed E-state index contributed by atoms with van der Waals surface area (Å²) in [6.45, 7) is 9.41. The maximum atomic E-state index is 13.3. The third kappa shape index (κ3) is 5.27. The van der Waals surface area contributed by atoms with Crippen molar-refractivity contribution in [3.63, 3.8) is 0 Å². The molecule has 2 heterocycles. The van der Waals surface area contributed by atoms with Crippen molar-refractivity contribution in [1.82, 2.24) is 19.6 Å². The molecule has 35 heavy (non-hydrogen) atoms. The van der Waals surface area contributed by atoms with Crippen molar-refractivity contribution in [3.8, 4) is 17.2 Å². The van der Waals surface area contributed by atoms with Crippen LogP contribution in [-0.4, -0.2) is 59.0 Å². The predicted molar refractivity (Wildman–Crippen MR) is 137 cm³/mol. The van der Waals surface area contributed by atoms with Gasteiger partial charge in [0, 0.05) is 42.9 Å². The van der Waals surface area contributed by atoms with Crippen molar-refractivity contribution in [2.24, 2.45) is 0 Å². The molecule has 2 amide bonds. The van der Waals surface area contributed by atoms with Crippen molar-refractivity contribution >= 4 is 11.7 Å². The van der Waals surface area contributed by atoms with Gasteiger partial charge < -0.3 is 19.7 Å². The number of benzene rings is 2. The number of hydrogen-bond acceptors (Lipinski definition) is 5. The molecule has 0 spiro atoms. The Kier molecular flexibility index (Phi) is 7.60. The van der Waals surface area contributed by atoms with E-state index in [2.05, 4.69) is 17.1 Å². The standard InChI is InChI=1S/C27H35N5O3/c1-6-30-15-14-24-22(17-30)23(29-32(24)25-12-7-8-13-26(25)35-5)18-31(19(2)3)27(33)28-20-10-9-11-21(16-20)34-4/h7-13,16,19H,6,14-15,17-18H2,1-5H3,(H,28,33). The van der Waals surface area contributed by atoms with Crippen LogP contribution >= 0.6 is 0 Å². The van der Waals surface area contributed by atoms with E-state index in [1.807, 2.05) is 72.0 Å². The summed E-state index contributed by atoms with van der Waals surface area (Å²) in [7, 11) is 3.29. The van der Waals surface area contributed by atoms with Crippen molar-refractivity contribution < 1.29 is 14.3 Å². The highest BCUT2D eigenvalue weighted by atomic mass is 16.5. The van der Waals surface area contributed by atoms with Crippen LogP contribution in [0.15, 0.2) is 48.5 Å². The average molecular weight is 478 g/mol. The van der Waals surface area contributed by atoms with E-state index in [1.165, 1.54) is 11.3 Å². The Hall–Kier alpha value is -3.52. The summed E-state index contributed by atoms with van der Waals surface area (Å²) in [5.41, 5.74) is 4.91. The number of hydrogen-bond donors (Lipinski definition) is 1. The van der Waals surface area contributed by atoms with Gasteiger partial charge in [0.1, 0.15) is 17.2 Å². The zero-order valence-electron chi connectivity index (χ0n) is 21.2. The lowest BCUT2D eigenvalue weighted by Gasteiger charge is -2.29. The van der Waals surface area contributed by atoms with E-state index in [1.54, 1.807) is 14.2 Å². The minimum Gasteiger partial charge on any atom is -0.497 e. The first-order valence-electron chi connectivity index (χ1n) is 12.1. The fourth-order valence-electron chi connectivity index (χ4n) is 4.49. The summed E-state index contributed by atoms with van der Waals surface area (Å²) in [4.78, 5) is 17.6. The minimum atomic E-state index is -0.169. The first-order chi connectivity index (χ1) is 16.9. The van der Waals surface area contributed by atoms with Crippen LogP contribution in [0.2, 0.25) is 0 Å². The maximum absolute atomic E-state index is 13.3. The largest absolute Gasteiger partial charge is 0.497 e. The number of ether oxygens (including phenoxy) is 2. The minimum absolute atomic E-state index is 0.0152. The molecule has 0 saturated heterocycles. The highest BCUT2D eigenvalue weighted by Gasteiger charge is 2.28. The number of methoxy groups -OCH3 is 2. The first kappa shape index (κ1) is 24.6. The van der Waals surface area contributed by atoms with Gasteiger partial charge in [-0.25, -0.2) is 9.48 Å². The van der Waals surface area contributed by atoms with Gasteiger partial charge in [-0.3, -0.25) is 4.90 Å². The quantitative estimate of drug-likeness (QED) is 0.509. The Labute approximate surface area is 207 Å². The van der Waals surface area contributed by atoms with Gasteiger partial charge >= 0.3 is 6.03 Å². The van der Waals surface area contributed by atoms with E-state index >= 15 is 0 Å². The van der Waals surface area contributed by atoms with Gasteiger partial charge in [0.2, 0.25) is 0 Å². The molecular formula is C27H35N5O3. The molecule has 0 saturated carbocycles. The van der Waals surface area contributed by atoms with Crippen molar-refractivity contribution in [2.45, 2.75) is 46.3 Å². The lowest BCUT2D eigenvalue weighted by molar-refractivity contribution is 0.192. The van der Waals surface area contributed by atoms with Gasteiger partial charge in [0.15, 0.2) is 0 Å². The zero-order valence-corrected chi connectivity index (χ0v) is 21.2. The SMILES string of the molecule is CCN1CCc2c(c(CN(C(=O)Nc3cccc(OC)c3)C(C)C)nn2-c2ccccc2OC)C1. The molecule has 8 nitrogen and oxygen atoms in total. The Morgan fingerprint density at radius 1 is 1.14 bits per heavy atom. The van der Waals surface area contributed by atoms with Crippen LogP contribution in [0.3, 0.4) is 0 Å². The number of likely N-dealkylation sites (N-methyl/N-ethyl adjacent to an activating group) is 1. The number of fused-ring (bicyclic) bond motifs is 1. The van der Waals surface area contributed by atoms with E-state index in [0.29, 0.717) is 18.0 Å². The summed E-state index contributed by atoms with van der Waals surface area (Å²) in [5, 5.41) is 8.06. The second-order valence-electron chi connectivity index (χ2n) is 8.96. The monoisotopic (exact) mass is 477 g/mol. The summed E-state index contributed by atoms with van der Waals surface area (Å²) in [6, 6.07) is 15.1. The number of anilines is 1. The molecule has 186 valence electrons. The van der Waals surface area contributed by atoms with Gasteiger partial charge in [-0.1, -0.05) is 25.1 Å². The highest BCUT2D eigenvalue weighted by Crippen LogP contribution is 2.30. The fraction of sp³-hybridized carbons (Fsp3) is 0.407. The maximum Gasteiger partial charge on any atom is 0.322 e. The summed E-state index contributed by atoms with van der Waals surface area (Å²) < 4.78 is 12.9. The van der Waals surface area contributed by atoms with Crippen molar-refractivity contribution in [2.75, 3.05) is 32.6 Å². The normalized spacial score (nSPS) is 13.4. The molecule has 4 rings (SSSR count). The number of carbonyl (C=O) groups excluding carboxylic acids is 1. The lowest BCUT2D eigenvalue weighted by atomic mass is 10.0. The molecule has 1 N–H and O–H groups in total. The van der Waals surface area contributed by atoms with Gasteiger partial charge in [-0.05, 0) is 44.7 Å². The summed E-state index contributed by atoms with van der Waals surface area (Å²) in [5.74, 6) is 1.47. The highest BCUT2D eigenvalue weighted by molar-refractivity contribution is 5.89. The molecule has 2 aromatic carbocycles. The van der Waals surface area contributed by atoms with E-state index in [9.17, 15) is 4.79 Å². The smallest absolute Gasteiger partial charge is 0.322 e. The van der Waals surface area contributed by atoms with E-state index < -0.39 is 0 Å². The van der Waals surface area contributed by atoms with E-state index in [4.69, 9.17) is 14.6 Å². The number of rotatable bonds is 8. The fourth-order valence-corrected chi connectivity index (χ4v) is 4.49. The van der Waals surface area contributed by atoms with Crippen LogP contribution in [-0.2, 0) is 19.5 Å². The number of para-hydroxylation sites is 2. The molecular weight excluding hydrogens is 442 g/mol. The van der Waals surface area contributed by atoms with Gasteiger partial charge in [-0.15, -0.1) is 0 Å². The Morgan fingerprint density at radius 2 is 1.94 bits per heavy atom. The number of nitrogens with zero attached hydrogens (tertiary/aromatic N) is 4. The van der Waals surface area contributed by atoms with Crippen LogP contribution in [0, 0.1) is 0 Å². The third-order valence-electron chi connectivity index (χ3n) is 6.51. The van der Waals surface area contributed by atoms with E-state index in [-0.39, 0.29) is 12.1 Å². The van der Waals surface area contributed by atoms with E-state index in [0.717, 1.165) is 43.2 Å². The molecule has 3 aromatic rings. The molecule has 1 aromatic heterocycles. The number of urea groups is 1. The summed E-state index contributed by atoms with van der Waals surface area (Å²) in [6.07, 6.45) is 0.895. The second kappa shape index (κ2) is 10.8. The zero-order chi connectivity index (χ0) is 24.9. The number of carbonyl (C=O) groups is 1. The molecule has 1 aliphatic rings. The molecule has 0 unspecified atom stereocenters. The molecule has 8 heteroatoms. The van der Waals surface area contributed by atoms with Crippen LogP contribution in [0.4, 0.5) is 10.5 Å². The summed E-state index contributed by atoms with van der Waals surface area (Å²) >= 11 is 0. The Balaban J connectivity index is 1.68. The van der Waals surface area contributed by atoms with Crippen molar-refractivity contribution in [3.05, 3.63) is 65.5 Å². The number of aromatic nitrogens is 2. The predicted octanol–water partition coefficient (Wildman–Crippen LogP) is 4.71.